The highest BCUT2D eigenvalue weighted by molar-refractivity contribution is 7.99. The fourth-order valence-corrected chi connectivity index (χ4v) is 3.20. The number of amides is 1. The topological polar surface area (TPSA) is 55.1 Å². The Morgan fingerprint density at radius 3 is 2.75 bits per heavy atom. The van der Waals surface area contributed by atoms with Gasteiger partial charge in [0, 0.05) is 11.3 Å². The highest BCUT2D eigenvalue weighted by atomic mass is 32.2. The van der Waals surface area contributed by atoms with Crippen LogP contribution < -0.4 is 11.1 Å². The van der Waals surface area contributed by atoms with Crippen molar-refractivity contribution >= 4 is 17.7 Å². The number of thioether (sulfide) groups is 1. The predicted octanol–water partition coefficient (Wildman–Crippen LogP) is 1.76. The van der Waals surface area contributed by atoms with Gasteiger partial charge in [0.15, 0.2) is 0 Å². The maximum atomic E-state index is 11.8. The summed E-state index contributed by atoms with van der Waals surface area (Å²) in [6.45, 7) is 6.15. The Bertz CT molecular complexity index is 233. The lowest BCUT2D eigenvalue weighted by molar-refractivity contribution is -0.123. The van der Waals surface area contributed by atoms with Gasteiger partial charge in [-0.2, -0.15) is 11.8 Å². The van der Waals surface area contributed by atoms with E-state index in [1.807, 2.05) is 25.6 Å². The second kappa shape index (κ2) is 6.50. The Hall–Kier alpha value is -0.220. The van der Waals surface area contributed by atoms with Crippen LogP contribution in [0.4, 0.5) is 0 Å². The zero-order valence-corrected chi connectivity index (χ0v) is 11.3. The molecule has 1 amide bonds. The molecule has 3 atom stereocenters. The maximum Gasteiger partial charge on any atom is 0.237 e. The average molecular weight is 244 g/mol. The van der Waals surface area contributed by atoms with Crippen LogP contribution in [0.2, 0.25) is 0 Å². The van der Waals surface area contributed by atoms with Crippen LogP contribution in [0.1, 0.15) is 40.0 Å². The summed E-state index contributed by atoms with van der Waals surface area (Å²) in [5.74, 6) is 1.39. The van der Waals surface area contributed by atoms with Crippen LogP contribution in [0.3, 0.4) is 0 Å². The van der Waals surface area contributed by atoms with Gasteiger partial charge in [0.1, 0.15) is 0 Å². The Morgan fingerprint density at radius 2 is 2.19 bits per heavy atom. The molecule has 1 aliphatic carbocycles. The number of nitrogens with two attached hydrogens (primary N) is 1. The molecule has 0 aliphatic heterocycles. The second-order valence-corrected chi connectivity index (χ2v) is 6.44. The monoisotopic (exact) mass is 244 g/mol. The van der Waals surface area contributed by atoms with Crippen molar-refractivity contribution in [2.45, 2.75) is 57.4 Å². The molecule has 0 spiro atoms. The van der Waals surface area contributed by atoms with Crippen LogP contribution in [0.5, 0.6) is 0 Å². The summed E-state index contributed by atoms with van der Waals surface area (Å²) in [5, 5.41) is 3.80. The van der Waals surface area contributed by atoms with Crippen LogP contribution in [0, 0.1) is 5.92 Å². The molecule has 0 aromatic rings. The van der Waals surface area contributed by atoms with E-state index in [-0.39, 0.29) is 17.9 Å². The zero-order chi connectivity index (χ0) is 12.1. The van der Waals surface area contributed by atoms with E-state index in [1.165, 1.54) is 6.42 Å². The number of carbonyl (C=O) groups excluding carboxylic acids is 1. The van der Waals surface area contributed by atoms with Gasteiger partial charge in [-0.05, 0) is 30.9 Å². The van der Waals surface area contributed by atoms with E-state index in [1.54, 1.807) is 0 Å². The maximum absolute atomic E-state index is 11.8. The van der Waals surface area contributed by atoms with Gasteiger partial charge in [-0.3, -0.25) is 4.79 Å². The minimum Gasteiger partial charge on any atom is -0.352 e. The van der Waals surface area contributed by atoms with E-state index >= 15 is 0 Å². The first-order valence-electron chi connectivity index (χ1n) is 6.22. The molecule has 3 nitrogen and oxygen atoms in total. The highest BCUT2D eigenvalue weighted by Gasteiger charge is 2.27. The van der Waals surface area contributed by atoms with Crippen molar-refractivity contribution in [3.8, 4) is 0 Å². The van der Waals surface area contributed by atoms with Crippen molar-refractivity contribution in [2.75, 3.05) is 5.75 Å². The molecule has 94 valence electrons. The molecule has 0 saturated heterocycles. The third-order valence-electron chi connectivity index (χ3n) is 3.15. The first-order valence-corrected chi connectivity index (χ1v) is 7.27. The molecule has 3 N–H and O–H groups in total. The SMILES string of the molecule is CCSC1CCC(NC(=O)[C@@H](N)C(C)C)C1. The van der Waals surface area contributed by atoms with Crippen LogP contribution in [0.15, 0.2) is 0 Å². The van der Waals surface area contributed by atoms with E-state index in [9.17, 15) is 4.79 Å². The van der Waals surface area contributed by atoms with E-state index in [0.717, 1.165) is 23.8 Å². The molecular formula is C12H24N2OS. The largest absolute Gasteiger partial charge is 0.352 e. The van der Waals surface area contributed by atoms with E-state index < -0.39 is 0 Å². The van der Waals surface area contributed by atoms with Gasteiger partial charge >= 0.3 is 0 Å². The normalized spacial score (nSPS) is 27.1. The Labute approximate surface area is 103 Å². The van der Waals surface area contributed by atoms with Crippen LogP contribution in [-0.2, 0) is 4.79 Å². The first kappa shape index (κ1) is 13.8. The van der Waals surface area contributed by atoms with Gasteiger partial charge in [0.05, 0.1) is 6.04 Å². The van der Waals surface area contributed by atoms with Gasteiger partial charge in [0.25, 0.3) is 0 Å². The van der Waals surface area contributed by atoms with Gasteiger partial charge in [0.2, 0.25) is 5.91 Å². The average Bonchev–Trinajstić information content (AvgIpc) is 2.65. The molecule has 2 unspecified atom stereocenters. The van der Waals surface area contributed by atoms with E-state index in [4.69, 9.17) is 5.73 Å². The zero-order valence-electron chi connectivity index (χ0n) is 10.5. The Morgan fingerprint density at radius 1 is 1.50 bits per heavy atom. The van der Waals surface area contributed by atoms with Crippen molar-refractivity contribution < 1.29 is 4.79 Å². The third-order valence-corrected chi connectivity index (χ3v) is 4.39. The molecule has 0 aromatic heterocycles. The Kier molecular flexibility index (Phi) is 5.62. The second-order valence-electron chi connectivity index (χ2n) is 4.87. The van der Waals surface area contributed by atoms with Crippen molar-refractivity contribution in [3.05, 3.63) is 0 Å². The van der Waals surface area contributed by atoms with Gasteiger partial charge in [-0.25, -0.2) is 0 Å². The fraction of sp³-hybridized carbons (Fsp3) is 0.917. The molecule has 1 rings (SSSR count). The third kappa shape index (κ3) is 3.98. The molecule has 0 heterocycles. The summed E-state index contributed by atoms with van der Waals surface area (Å²) < 4.78 is 0. The molecule has 1 fully saturated rings. The van der Waals surface area contributed by atoms with E-state index in [0.29, 0.717) is 6.04 Å². The molecule has 0 bridgehead atoms. The fourth-order valence-electron chi connectivity index (χ4n) is 2.06. The molecule has 0 aromatic carbocycles. The molecular weight excluding hydrogens is 220 g/mol. The van der Waals surface area contributed by atoms with Crippen molar-refractivity contribution in [1.82, 2.24) is 5.32 Å². The minimum absolute atomic E-state index is 0.0159. The number of rotatable bonds is 5. The molecule has 4 heteroatoms. The molecule has 1 aliphatic rings. The van der Waals surface area contributed by atoms with Crippen LogP contribution in [0.25, 0.3) is 0 Å². The van der Waals surface area contributed by atoms with E-state index in [2.05, 4.69) is 12.2 Å². The summed E-state index contributed by atoms with van der Waals surface area (Å²) in [7, 11) is 0. The molecule has 1 saturated carbocycles. The predicted molar refractivity (Wildman–Crippen MR) is 70.5 cm³/mol. The van der Waals surface area contributed by atoms with Gasteiger partial charge < -0.3 is 11.1 Å². The smallest absolute Gasteiger partial charge is 0.237 e. The van der Waals surface area contributed by atoms with Crippen LogP contribution >= 0.6 is 11.8 Å². The van der Waals surface area contributed by atoms with Gasteiger partial charge in [-0.15, -0.1) is 0 Å². The number of hydrogen-bond acceptors (Lipinski definition) is 3. The molecule has 0 radical (unpaired) electrons. The lowest BCUT2D eigenvalue weighted by atomic mass is 10.0. The highest BCUT2D eigenvalue weighted by Crippen LogP contribution is 2.29. The number of hydrogen-bond donors (Lipinski definition) is 2. The van der Waals surface area contributed by atoms with Crippen molar-refractivity contribution in [2.24, 2.45) is 11.7 Å². The summed E-state index contributed by atoms with van der Waals surface area (Å²) in [4.78, 5) is 11.8. The summed E-state index contributed by atoms with van der Waals surface area (Å²) >= 11 is 2.00. The van der Waals surface area contributed by atoms with Crippen molar-refractivity contribution in [1.29, 1.82) is 0 Å². The summed E-state index contributed by atoms with van der Waals surface area (Å²) in [6, 6.07) is -0.0146. The quantitative estimate of drug-likeness (QED) is 0.775. The standard InChI is InChI=1S/C12H24N2OS/c1-4-16-10-6-5-9(7-10)14-12(15)11(13)8(2)3/h8-11H,4-7,13H2,1-3H3,(H,14,15)/t9?,10?,11-/m0/s1. The lowest BCUT2D eigenvalue weighted by Crippen LogP contribution is -2.47. The number of carbonyl (C=O) groups is 1. The minimum atomic E-state index is -0.363. The molecule has 16 heavy (non-hydrogen) atoms. The summed E-state index contributed by atoms with van der Waals surface area (Å²) in [5.41, 5.74) is 5.81. The summed E-state index contributed by atoms with van der Waals surface area (Å²) in [6.07, 6.45) is 3.43. The van der Waals surface area contributed by atoms with Crippen molar-refractivity contribution in [3.63, 3.8) is 0 Å². The first-order chi connectivity index (χ1) is 7.54. The number of nitrogens with one attached hydrogen (secondary N) is 1. The lowest BCUT2D eigenvalue weighted by Gasteiger charge is -2.19. The van der Waals surface area contributed by atoms with Crippen LogP contribution in [-0.4, -0.2) is 29.0 Å². The Balaban J connectivity index is 2.31. The van der Waals surface area contributed by atoms with Gasteiger partial charge in [-0.1, -0.05) is 20.8 Å².